The molecular formula is C5H11ClINS2. The number of hydrogen-bond donors (Lipinski definition) is 0. The van der Waals surface area contributed by atoms with Crippen molar-refractivity contribution in [2.45, 2.75) is 0 Å². The molecule has 0 radical (unpaired) electrons. The highest BCUT2D eigenvalue weighted by atomic mass is 127. The van der Waals surface area contributed by atoms with Crippen molar-refractivity contribution < 1.29 is 0 Å². The Hall–Kier alpha value is 1.39. The van der Waals surface area contributed by atoms with Gasteiger partial charge in [0.05, 0.1) is 5.04 Å². The van der Waals surface area contributed by atoms with Crippen LogP contribution in [0.25, 0.3) is 0 Å². The van der Waals surface area contributed by atoms with Crippen LogP contribution in [-0.4, -0.2) is 29.3 Å². The third-order valence-corrected chi connectivity index (χ3v) is 2.86. The second-order valence-corrected chi connectivity index (χ2v) is 3.52. The van der Waals surface area contributed by atoms with Gasteiger partial charge in [-0.2, -0.15) is 11.8 Å². The molecule has 1 aliphatic heterocycles. The van der Waals surface area contributed by atoms with E-state index in [2.05, 4.69) is 11.2 Å². The average Bonchev–Trinajstić information content (AvgIpc) is 1.90. The minimum atomic E-state index is 0. The second kappa shape index (κ2) is 8.49. The molecule has 0 N–H and O–H groups in total. The standard InChI is InChI=1S/C5H9NS2.ClH.HI/c1-7-5-4-8-3-2-6-5;;/h2-4H2,1H3;2*1H. The summed E-state index contributed by atoms with van der Waals surface area (Å²) in [6, 6.07) is 0. The zero-order chi connectivity index (χ0) is 5.82. The van der Waals surface area contributed by atoms with Crippen LogP contribution in [0.4, 0.5) is 0 Å². The van der Waals surface area contributed by atoms with Gasteiger partial charge in [0.15, 0.2) is 0 Å². The molecule has 0 bridgehead atoms. The van der Waals surface area contributed by atoms with Crippen LogP contribution in [0.5, 0.6) is 0 Å². The van der Waals surface area contributed by atoms with Gasteiger partial charge in [-0.15, -0.1) is 48.1 Å². The van der Waals surface area contributed by atoms with E-state index in [9.17, 15) is 0 Å². The molecule has 0 fully saturated rings. The summed E-state index contributed by atoms with van der Waals surface area (Å²) in [6.45, 7) is 1.03. The Morgan fingerprint density at radius 1 is 1.60 bits per heavy atom. The second-order valence-electron chi connectivity index (χ2n) is 1.53. The Labute approximate surface area is 93.6 Å². The molecule has 0 amide bonds. The fourth-order valence-electron chi connectivity index (χ4n) is 0.563. The van der Waals surface area contributed by atoms with Gasteiger partial charge in [0.2, 0.25) is 0 Å². The molecule has 1 aliphatic rings. The van der Waals surface area contributed by atoms with Crippen molar-refractivity contribution in [2.75, 3.05) is 24.3 Å². The van der Waals surface area contributed by atoms with Crippen molar-refractivity contribution >= 4 is 65.0 Å². The molecule has 0 aromatic heterocycles. The van der Waals surface area contributed by atoms with Crippen LogP contribution in [0.2, 0.25) is 0 Å². The number of aliphatic imine (C=N–C) groups is 1. The highest BCUT2D eigenvalue weighted by Gasteiger charge is 2.01. The number of hydrogen-bond acceptors (Lipinski definition) is 3. The van der Waals surface area contributed by atoms with Crippen molar-refractivity contribution in [1.82, 2.24) is 0 Å². The summed E-state index contributed by atoms with van der Waals surface area (Å²) >= 11 is 3.75. The lowest BCUT2D eigenvalue weighted by molar-refractivity contribution is 1.14. The largest absolute Gasteiger partial charge is 0.281 e. The van der Waals surface area contributed by atoms with Gasteiger partial charge in [0.1, 0.15) is 0 Å². The summed E-state index contributed by atoms with van der Waals surface area (Å²) in [5, 5.41) is 1.31. The molecule has 1 heterocycles. The van der Waals surface area contributed by atoms with Gasteiger partial charge in [-0.3, -0.25) is 4.99 Å². The third-order valence-electron chi connectivity index (χ3n) is 0.985. The molecule has 1 rings (SSSR count). The van der Waals surface area contributed by atoms with Gasteiger partial charge in [-0.25, -0.2) is 0 Å². The number of nitrogens with zero attached hydrogens (tertiary/aromatic N) is 1. The zero-order valence-corrected chi connectivity index (χ0v) is 10.5. The third kappa shape index (κ3) is 5.09. The Balaban J connectivity index is 0. The Kier molecular flexibility index (Phi) is 11.8. The SMILES string of the molecule is CSC1=NCCSC1.Cl.I. The molecule has 0 saturated carbocycles. The van der Waals surface area contributed by atoms with E-state index in [0.717, 1.165) is 12.3 Å². The van der Waals surface area contributed by atoms with E-state index in [4.69, 9.17) is 0 Å². The molecule has 5 heteroatoms. The van der Waals surface area contributed by atoms with Crippen LogP contribution >= 0.6 is 59.9 Å². The van der Waals surface area contributed by atoms with E-state index in [1.807, 2.05) is 11.8 Å². The molecule has 62 valence electrons. The first-order chi connectivity index (χ1) is 3.93. The van der Waals surface area contributed by atoms with Crippen LogP contribution in [0.15, 0.2) is 4.99 Å². The quantitative estimate of drug-likeness (QED) is 0.637. The van der Waals surface area contributed by atoms with Crippen LogP contribution in [0.1, 0.15) is 0 Å². The first-order valence-corrected chi connectivity index (χ1v) is 4.96. The number of thioether (sulfide) groups is 2. The molecular weight excluding hydrogens is 301 g/mol. The topological polar surface area (TPSA) is 12.4 Å². The molecule has 0 unspecified atom stereocenters. The summed E-state index contributed by atoms with van der Waals surface area (Å²) in [7, 11) is 0. The van der Waals surface area contributed by atoms with Gasteiger partial charge < -0.3 is 0 Å². The lowest BCUT2D eigenvalue weighted by Crippen LogP contribution is -2.05. The van der Waals surface area contributed by atoms with E-state index in [1.165, 1.54) is 10.8 Å². The van der Waals surface area contributed by atoms with Crippen LogP contribution in [-0.2, 0) is 0 Å². The number of rotatable bonds is 0. The monoisotopic (exact) mass is 311 g/mol. The van der Waals surface area contributed by atoms with Gasteiger partial charge in [0, 0.05) is 18.1 Å². The average molecular weight is 312 g/mol. The van der Waals surface area contributed by atoms with Crippen molar-refractivity contribution in [3.05, 3.63) is 0 Å². The van der Waals surface area contributed by atoms with Crippen LogP contribution in [0, 0.1) is 0 Å². The minimum absolute atomic E-state index is 0. The molecule has 0 aromatic rings. The maximum Gasteiger partial charge on any atom is 0.0772 e. The Bertz CT molecular complexity index is 110. The van der Waals surface area contributed by atoms with Crippen molar-refractivity contribution in [2.24, 2.45) is 4.99 Å². The van der Waals surface area contributed by atoms with E-state index in [0.29, 0.717) is 0 Å². The number of halogens is 2. The predicted octanol–water partition coefficient (Wildman–Crippen LogP) is 2.53. The molecule has 0 saturated heterocycles. The molecule has 10 heavy (non-hydrogen) atoms. The smallest absolute Gasteiger partial charge is 0.0772 e. The van der Waals surface area contributed by atoms with Crippen molar-refractivity contribution in [3.63, 3.8) is 0 Å². The van der Waals surface area contributed by atoms with Gasteiger partial charge >= 0.3 is 0 Å². The highest BCUT2D eigenvalue weighted by Crippen LogP contribution is 2.12. The summed E-state index contributed by atoms with van der Waals surface area (Å²) in [5.41, 5.74) is 0. The van der Waals surface area contributed by atoms with Crippen molar-refractivity contribution in [1.29, 1.82) is 0 Å². The molecule has 0 aliphatic carbocycles. The Morgan fingerprint density at radius 2 is 2.30 bits per heavy atom. The van der Waals surface area contributed by atoms with Gasteiger partial charge in [-0.05, 0) is 6.26 Å². The fourth-order valence-corrected chi connectivity index (χ4v) is 2.14. The lowest BCUT2D eigenvalue weighted by atomic mass is 10.7. The van der Waals surface area contributed by atoms with E-state index in [-0.39, 0.29) is 36.4 Å². The minimum Gasteiger partial charge on any atom is -0.281 e. The molecule has 0 atom stereocenters. The normalized spacial score (nSPS) is 16.3. The van der Waals surface area contributed by atoms with Crippen LogP contribution in [0.3, 0.4) is 0 Å². The predicted molar refractivity (Wildman–Crippen MR) is 65.8 cm³/mol. The maximum absolute atomic E-state index is 4.31. The van der Waals surface area contributed by atoms with Crippen LogP contribution < -0.4 is 0 Å². The van der Waals surface area contributed by atoms with Crippen molar-refractivity contribution in [3.8, 4) is 0 Å². The lowest BCUT2D eigenvalue weighted by Gasteiger charge is -2.07. The summed E-state index contributed by atoms with van der Waals surface area (Å²) in [4.78, 5) is 4.31. The Morgan fingerprint density at radius 3 is 2.60 bits per heavy atom. The first kappa shape index (κ1) is 13.9. The highest BCUT2D eigenvalue weighted by molar-refractivity contribution is 14.0. The summed E-state index contributed by atoms with van der Waals surface area (Å²) in [5.74, 6) is 2.35. The first-order valence-electron chi connectivity index (χ1n) is 2.58. The maximum atomic E-state index is 4.31. The van der Waals surface area contributed by atoms with E-state index in [1.54, 1.807) is 11.8 Å². The molecule has 0 aromatic carbocycles. The van der Waals surface area contributed by atoms with E-state index >= 15 is 0 Å². The van der Waals surface area contributed by atoms with Gasteiger partial charge in [-0.1, -0.05) is 0 Å². The zero-order valence-electron chi connectivity index (χ0n) is 5.70. The molecule has 0 spiro atoms. The van der Waals surface area contributed by atoms with E-state index < -0.39 is 0 Å². The van der Waals surface area contributed by atoms with Gasteiger partial charge in [0.25, 0.3) is 0 Å². The summed E-state index contributed by atoms with van der Waals surface area (Å²) in [6.07, 6.45) is 2.09. The molecule has 1 nitrogen and oxygen atoms in total. The fraction of sp³-hybridized carbons (Fsp3) is 0.800. The summed E-state index contributed by atoms with van der Waals surface area (Å²) < 4.78 is 0.